The smallest absolute Gasteiger partial charge is 0.0931 e. The molecule has 0 aromatic carbocycles. The first kappa shape index (κ1) is 11.7. The van der Waals surface area contributed by atoms with Gasteiger partial charge in [-0.25, -0.2) is 0 Å². The van der Waals surface area contributed by atoms with Gasteiger partial charge in [0.15, 0.2) is 0 Å². The molecular weight excluding hydrogens is 240 g/mol. The van der Waals surface area contributed by atoms with Gasteiger partial charge < -0.3 is 9.88 Å². The molecule has 2 rings (SSSR count). The highest BCUT2D eigenvalue weighted by molar-refractivity contribution is 7.16. The van der Waals surface area contributed by atoms with E-state index in [0.717, 1.165) is 10.9 Å². The second-order valence-corrected chi connectivity index (χ2v) is 5.68. The van der Waals surface area contributed by atoms with E-state index in [1.165, 1.54) is 10.4 Å². The minimum absolute atomic E-state index is 0.345. The standard InChI is InChI=1S/C12H15ClN2S/c1-9(11-3-4-12(13)16-11)14-7-10-5-6-15(2)8-10/h3-6,8-9,14H,7H2,1-2H3. The van der Waals surface area contributed by atoms with Gasteiger partial charge in [0.25, 0.3) is 0 Å². The van der Waals surface area contributed by atoms with E-state index < -0.39 is 0 Å². The number of thiophene rings is 1. The second kappa shape index (κ2) is 5.04. The molecule has 0 aliphatic heterocycles. The van der Waals surface area contributed by atoms with Gasteiger partial charge in [0.05, 0.1) is 4.34 Å². The highest BCUT2D eigenvalue weighted by atomic mass is 35.5. The minimum Gasteiger partial charge on any atom is -0.357 e. The zero-order valence-corrected chi connectivity index (χ0v) is 11.0. The van der Waals surface area contributed by atoms with Crippen LogP contribution in [0, 0.1) is 0 Å². The lowest BCUT2D eigenvalue weighted by molar-refractivity contribution is 0.582. The molecule has 0 bridgehead atoms. The first-order valence-electron chi connectivity index (χ1n) is 5.24. The van der Waals surface area contributed by atoms with Crippen LogP contribution < -0.4 is 5.32 Å². The molecule has 2 nitrogen and oxygen atoms in total. The lowest BCUT2D eigenvalue weighted by Crippen LogP contribution is -2.16. The number of nitrogens with one attached hydrogen (secondary N) is 1. The summed E-state index contributed by atoms with van der Waals surface area (Å²) in [6, 6.07) is 6.50. The fourth-order valence-corrected chi connectivity index (χ4v) is 2.69. The third-order valence-electron chi connectivity index (χ3n) is 2.53. The van der Waals surface area contributed by atoms with Crippen molar-refractivity contribution in [3.63, 3.8) is 0 Å². The van der Waals surface area contributed by atoms with Gasteiger partial charge in [0, 0.05) is 36.9 Å². The summed E-state index contributed by atoms with van der Waals surface area (Å²) in [6.45, 7) is 3.04. The van der Waals surface area contributed by atoms with Crippen molar-refractivity contribution >= 4 is 22.9 Å². The quantitative estimate of drug-likeness (QED) is 0.882. The predicted molar refractivity (Wildman–Crippen MR) is 70.0 cm³/mol. The molecule has 16 heavy (non-hydrogen) atoms. The number of hydrogen-bond donors (Lipinski definition) is 1. The number of rotatable bonds is 4. The second-order valence-electron chi connectivity index (χ2n) is 3.93. The molecule has 2 aromatic heterocycles. The van der Waals surface area contributed by atoms with Gasteiger partial charge in [-0.1, -0.05) is 11.6 Å². The fraction of sp³-hybridized carbons (Fsp3) is 0.333. The Labute approximate surface area is 105 Å². The SMILES string of the molecule is CC(NCc1ccn(C)c1)c1ccc(Cl)s1. The van der Waals surface area contributed by atoms with Gasteiger partial charge in [-0.15, -0.1) is 11.3 Å². The molecule has 0 aliphatic carbocycles. The summed E-state index contributed by atoms with van der Waals surface area (Å²) in [5.41, 5.74) is 1.30. The Hall–Kier alpha value is -0.770. The Kier molecular flexibility index (Phi) is 3.69. The average Bonchev–Trinajstić information content (AvgIpc) is 2.84. The van der Waals surface area contributed by atoms with Crippen molar-refractivity contribution in [1.82, 2.24) is 9.88 Å². The molecule has 2 aromatic rings. The van der Waals surface area contributed by atoms with E-state index in [0.29, 0.717) is 6.04 Å². The lowest BCUT2D eigenvalue weighted by atomic mass is 10.2. The highest BCUT2D eigenvalue weighted by Gasteiger charge is 2.07. The van der Waals surface area contributed by atoms with Gasteiger partial charge in [-0.05, 0) is 30.7 Å². The summed E-state index contributed by atoms with van der Waals surface area (Å²) in [7, 11) is 2.03. The first-order valence-corrected chi connectivity index (χ1v) is 6.44. The van der Waals surface area contributed by atoms with Crippen molar-refractivity contribution in [2.75, 3.05) is 0 Å². The maximum absolute atomic E-state index is 5.91. The van der Waals surface area contributed by atoms with Crippen molar-refractivity contribution in [2.24, 2.45) is 7.05 Å². The molecule has 0 amide bonds. The van der Waals surface area contributed by atoms with Gasteiger partial charge in [-0.3, -0.25) is 0 Å². The summed E-state index contributed by atoms with van der Waals surface area (Å²) in [4.78, 5) is 1.28. The van der Waals surface area contributed by atoms with Crippen LogP contribution in [0.2, 0.25) is 4.34 Å². The van der Waals surface area contributed by atoms with E-state index in [1.807, 2.05) is 13.1 Å². The van der Waals surface area contributed by atoms with Crippen molar-refractivity contribution in [3.05, 3.63) is 45.4 Å². The molecule has 0 aliphatic rings. The zero-order chi connectivity index (χ0) is 11.5. The molecule has 4 heteroatoms. The molecular formula is C12H15ClN2S. The highest BCUT2D eigenvalue weighted by Crippen LogP contribution is 2.26. The molecule has 2 heterocycles. The van der Waals surface area contributed by atoms with E-state index in [1.54, 1.807) is 11.3 Å². The van der Waals surface area contributed by atoms with Crippen molar-refractivity contribution < 1.29 is 0 Å². The van der Waals surface area contributed by atoms with E-state index in [9.17, 15) is 0 Å². The fourth-order valence-electron chi connectivity index (χ4n) is 1.60. The van der Waals surface area contributed by atoms with Crippen molar-refractivity contribution in [2.45, 2.75) is 19.5 Å². The van der Waals surface area contributed by atoms with Crippen LogP contribution >= 0.6 is 22.9 Å². The molecule has 0 fully saturated rings. The van der Waals surface area contributed by atoms with Crippen LogP contribution in [0.15, 0.2) is 30.6 Å². The van der Waals surface area contributed by atoms with Gasteiger partial charge >= 0.3 is 0 Å². The van der Waals surface area contributed by atoms with Crippen molar-refractivity contribution in [1.29, 1.82) is 0 Å². The maximum Gasteiger partial charge on any atom is 0.0931 e. The molecule has 86 valence electrons. The third kappa shape index (κ3) is 2.88. The topological polar surface area (TPSA) is 17.0 Å². The van der Waals surface area contributed by atoms with E-state index in [-0.39, 0.29) is 0 Å². The van der Waals surface area contributed by atoms with Crippen molar-refractivity contribution in [3.8, 4) is 0 Å². The Morgan fingerprint density at radius 3 is 2.81 bits per heavy atom. The Morgan fingerprint density at radius 2 is 2.25 bits per heavy atom. The van der Waals surface area contributed by atoms with Crippen LogP contribution in [0.4, 0.5) is 0 Å². The maximum atomic E-state index is 5.91. The van der Waals surface area contributed by atoms with Gasteiger partial charge in [0.2, 0.25) is 0 Å². The molecule has 1 N–H and O–H groups in total. The van der Waals surface area contributed by atoms with Crippen LogP contribution in [0.5, 0.6) is 0 Å². The first-order chi connectivity index (χ1) is 7.65. The number of aryl methyl sites for hydroxylation is 1. The monoisotopic (exact) mass is 254 g/mol. The molecule has 0 radical (unpaired) electrons. The van der Waals surface area contributed by atoms with Crippen LogP contribution in [0.25, 0.3) is 0 Å². The third-order valence-corrected chi connectivity index (χ3v) is 3.94. The normalized spacial score (nSPS) is 12.9. The molecule has 1 unspecified atom stereocenters. The summed E-state index contributed by atoms with van der Waals surface area (Å²) in [6.07, 6.45) is 4.19. The van der Waals surface area contributed by atoms with E-state index >= 15 is 0 Å². The van der Waals surface area contributed by atoms with E-state index in [4.69, 9.17) is 11.6 Å². The average molecular weight is 255 g/mol. The van der Waals surface area contributed by atoms with Crippen LogP contribution in [0.3, 0.4) is 0 Å². The number of nitrogens with zero attached hydrogens (tertiary/aromatic N) is 1. The van der Waals surface area contributed by atoms with Crippen LogP contribution in [-0.2, 0) is 13.6 Å². The summed E-state index contributed by atoms with van der Waals surface area (Å²) < 4.78 is 2.91. The lowest BCUT2D eigenvalue weighted by Gasteiger charge is -2.10. The number of hydrogen-bond acceptors (Lipinski definition) is 2. The Bertz CT molecular complexity index is 461. The summed E-state index contributed by atoms with van der Waals surface area (Å²) in [5.74, 6) is 0. The van der Waals surface area contributed by atoms with Crippen LogP contribution in [-0.4, -0.2) is 4.57 Å². The molecule has 0 saturated heterocycles. The Morgan fingerprint density at radius 1 is 1.44 bits per heavy atom. The molecule has 0 spiro atoms. The summed E-state index contributed by atoms with van der Waals surface area (Å²) in [5, 5.41) is 3.48. The number of aromatic nitrogens is 1. The molecule has 1 atom stereocenters. The van der Waals surface area contributed by atoms with E-state index in [2.05, 4.69) is 41.3 Å². The Balaban J connectivity index is 1.91. The summed E-state index contributed by atoms with van der Waals surface area (Å²) >= 11 is 7.55. The number of halogens is 1. The van der Waals surface area contributed by atoms with Gasteiger partial charge in [-0.2, -0.15) is 0 Å². The van der Waals surface area contributed by atoms with Crippen LogP contribution in [0.1, 0.15) is 23.4 Å². The van der Waals surface area contributed by atoms with Gasteiger partial charge in [0.1, 0.15) is 0 Å². The largest absolute Gasteiger partial charge is 0.357 e. The minimum atomic E-state index is 0.345. The zero-order valence-electron chi connectivity index (χ0n) is 9.40. The molecule has 0 saturated carbocycles. The predicted octanol–water partition coefficient (Wildman–Crippen LogP) is 3.59.